The lowest BCUT2D eigenvalue weighted by atomic mass is 9.92. The van der Waals surface area contributed by atoms with Gasteiger partial charge in [-0.15, -0.1) is 0 Å². The van der Waals surface area contributed by atoms with Gasteiger partial charge >= 0.3 is 6.03 Å². The number of carbonyl (C=O) groups excluding carboxylic acids is 1. The number of hydrogen-bond donors (Lipinski definition) is 1. The molecule has 0 saturated carbocycles. The van der Waals surface area contributed by atoms with E-state index in [1.807, 2.05) is 35.2 Å². The monoisotopic (exact) mass is 358 g/mol. The Balaban J connectivity index is 1.38. The Kier molecular flexibility index (Phi) is 4.90. The summed E-state index contributed by atoms with van der Waals surface area (Å²) in [7, 11) is 0. The van der Waals surface area contributed by atoms with E-state index in [0.29, 0.717) is 18.6 Å². The number of carbonyl (C=O) groups is 1. The predicted octanol–water partition coefficient (Wildman–Crippen LogP) is 1.38. The third kappa shape index (κ3) is 3.59. The molecule has 3 fully saturated rings. The van der Waals surface area contributed by atoms with Crippen LogP contribution in [0.4, 0.5) is 4.79 Å². The average molecular weight is 358 g/mol. The topological polar surface area (TPSA) is 48.1 Å². The van der Waals surface area contributed by atoms with Crippen molar-refractivity contribution in [3.63, 3.8) is 0 Å². The molecule has 142 valence electrons. The van der Waals surface area contributed by atoms with Crippen LogP contribution in [0.1, 0.15) is 19.4 Å². The molecule has 3 aliphatic heterocycles. The molecule has 4 rings (SSSR count). The summed E-state index contributed by atoms with van der Waals surface area (Å²) >= 11 is 0. The lowest BCUT2D eigenvalue weighted by molar-refractivity contribution is -0.113. The van der Waals surface area contributed by atoms with Crippen molar-refractivity contribution in [3.8, 4) is 0 Å². The number of rotatable bonds is 3. The summed E-state index contributed by atoms with van der Waals surface area (Å²) < 4.78 is 5.37. The zero-order chi connectivity index (χ0) is 18.1. The van der Waals surface area contributed by atoms with Gasteiger partial charge in [-0.1, -0.05) is 30.3 Å². The number of fused-ring (bicyclic) bond motifs is 1. The summed E-state index contributed by atoms with van der Waals surface area (Å²) in [5.74, 6) is 0. The van der Waals surface area contributed by atoms with Crippen LogP contribution < -0.4 is 5.32 Å². The Morgan fingerprint density at radius 3 is 2.62 bits per heavy atom. The average Bonchev–Trinajstić information content (AvgIpc) is 2.58. The van der Waals surface area contributed by atoms with E-state index in [9.17, 15) is 4.79 Å². The van der Waals surface area contributed by atoms with Gasteiger partial charge in [0.05, 0.1) is 19.3 Å². The van der Waals surface area contributed by atoms with E-state index in [1.54, 1.807) is 0 Å². The van der Waals surface area contributed by atoms with Crippen LogP contribution in [-0.2, 0) is 11.3 Å². The zero-order valence-electron chi connectivity index (χ0n) is 15.9. The van der Waals surface area contributed by atoms with Gasteiger partial charge in [-0.25, -0.2) is 4.79 Å². The minimum atomic E-state index is 0.00913. The van der Waals surface area contributed by atoms with Crippen LogP contribution in [0.15, 0.2) is 30.3 Å². The van der Waals surface area contributed by atoms with Crippen molar-refractivity contribution >= 4 is 6.03 Å². The summed E-state index contributed by atoms with van der Waals surface area (Å²) in [6.07, 6.45) is 0. The SMILES string of the molecule is CC1(C)CN(C(=O)NCc2ccccc2)CC2CN(C3COC3)CCN21. The zero-order valence-corrected chi connectivity index (χ0v) is 15.9. The molecule has 0 aromatic heterocycles. The molecule has 0 spiro atoms. The molecule has 3 heterocycles. The molecular formula is C20H30N4O2. The maximum atomic E-state index is 12.8. The number of piperazine rings is 2. The van der Waals surface area contributed by atoms with Crippen molar-refractivity contribution in [2.75, 3.05) is 45.9 Å². The Morgan fingerprint density at radius 1 is 1.15 bits per heavy atom. The van der Waals surface area contributed by atoms with Gasteiger partial charge in [0.1, 0.15) is 0 Å². The van der Waals surface area contributed by atoms with E-state index in [4.69, 9.17) is 4.74 Å². The lowest BCUT2D eigenvalue weighted by Gasteiger charge is -2.56. The van der Waals surface area contributed by atoms with E-state index in [1.165, 1.54) is 0 Å². The Bertz CT molecular complexity index is 632. The van der Waals surface area contributed by atoms with Crippen LogP contribution in [0.25, 0.3) is 0 Å². The second-order valence-corrected chi connectivity index (χ2v) is 8.37. The molecule has 1 aromatic carbocycles. The van der Waals surface area contributed by atoms with Gasteiger partial charge in [0.25, 0.3) is 0 Å². The van der Waals surface area contributed by atoms with E-state index in [2.05, 4.69) is 29.0 Å². The highest BCUT2D eigenvalue weighted by Gasteiger charge is 2.45. The number of urea groups is 1. The minimum absolute atomic E-state index is 0.00913. The van der Waals surface area contributed by atoms with Crippen LogP contribution >= 0.6 is 0 Å². The van der Waals surface area contributed by atoms with E-state index in [0.717, 1.165) is 51.5 Å². The van der Waals surface area contributed by atoms with Gasteiger partial charge in [0.15, 0.2) is 0 Å². The van der Waals surface area contributed by atoms with Crippen LogP contribution in [0, 0.1) is 0 Å². The Labute approximate surface area is 156 Å². The van der Waals surface area contributed by atoms with Crippen molar-refractivity contribution in [2.45, 2.75) is 38.0 Å². The summed E-state index contributed by atoms with van der Waals surface area (Å²) in [4.78, 5) is 19.9. The Morgan fingerprint density at radius 2 is 1.92 bits per heavy atom. The molecule has 6 heteroatoms. The van der Waals surface area contributed by atoms with Crippen molar-refractivity contribution in [2.24, 2.45) is 0 Å². The number of ether oxygens (including phenoxy) is 1. The highest BCUT2D eigenvalue weighted by molar-refractivity contribution is 5.74. The number of hydrogen-bond acceptors (Lipinski definition) is 4. The summed E-state index contributed by atoms with van der Waals surface area (Å²) in [6.45, 7) is 11.6. The van der Waals surface area contributed by atoms with E-state index >= 15 is 0 Å². The largest absolute Gasteiger partial charge is 0.378 e. The smallest absolute Gasteiger partial charge is 0.317 e. The fraction of sp³-hybridized carbons (Fsp3) is 0.650. The normalized spacial score (nSPS) is 26.8. The second-order valence-electron chi connectivity index (χ2n) is 8.37. The fourth-order valence-electron chi connectivity index (χ4n) is 4.52. The first-order valence-electron chi connectivity index (χ1n) is 9.68. The second kappa shape index (κ2) is 7.18. The molecule has 1 unspecified atom stereocenters. The first-order valence-corrected chi connectivity index (χ1v) is 9.68. The molecule has 0 aliphatic carbocycles. The highest BCUT2D eigenvalue weighted by Crippen LogP contribution is 2.29. The first kappa shape index (κ1) is 17.8. The molecule has 26 heavy (non-hydrogen) atoms. The van der Waals surface area contributed by atoms with Gasteiger partial charge in [0, 0.05) is 50.8 Å². The number of nitrogens with zero attached hydrogens (tertiary/aromatic N) is 3. The van der Waals surface area contributed by atoms with Crippen molar-refractivity contribution in [1.82, 2.24) is 20.0 Å². The molecule has 1 aromatic rings. The molecule has 1 N–H and O–H groups in total. The van der Waals surface area contributed by atoms with Crippen LogP contribution in [0.2, 0.25) is 0 Å². The quantitative estimate of drug-likeness (QED) is 0.887. The van der Waals surface area contributed by atoms with Crippen LogP contribution in [0.5, 0.6) is 0 Å². The summed E-state index contributed by atoms with van der Waals surface area (Å²) in [6, 6.07) is 11.1. The molecule has 0 bridgehead atoms. The molecule has 3 aliphatic rings. The summed E-state index contributed by atoms with van der Waals surface area (Å²) in [5.41, 5.74) is 1.14. The van der Waals surface area contributed by atoms with Gasteiger partial charge in [-0.05, 0) is 19.4 Å². The minimum Gasteiger partial charge on any atom is -0.378 e. The molecule has 3 saturated heterocycles. The van der Waals surface area contributed by atoms with Crippen molar-refractivity contribution in [1.29, 1.82) is 0 Å². The predicted molar refractivity (Wildman–Crippen MR) is 101 cm³/mol. The highest BCUT2D eigenvalue weighted by atomic mass is 16.5. The molecule has 6 nitrogen and oxygen atoms in total. The standard InChI is InChI=1S/C20H30N4O2/c1-20(2)15-23(19(25)21-10-16-6-4-3-5-7-16)12-17-11-22(8-9-24(17)20)18-13-26-14-18/h3-7,17-18H,8-15H2,1-2H3,(H,21,25). The van der Waals surface area contributed by atoms with Crippen molar-refractivity contribution in [3.05, 3.63) is 35.9 Å². The Hall–Kier alpha value is -1.63. The van der Waals surface area contributed by atoms with E-state index in [-0.39, 0.29) is 11.6 Å². The fourth-order valence-corrected chi connectivity index (χ4v) is 4.52. The molecular weight excluding hydrogens is 328 g/mol. The van der Waals surface area contributed by atoms with Crippen LogP contribution in [0.3, 0.4) is 0 Å². The third-order valence-electron chi connectivity index (χ3n) is 6.01. The summed E-state index contributed by atoms with van der Waals surface area (Å²) in [5, 5.41) is 3.09. The maximum Gasteiger partial charge on any atom is 0.317 e. The molecule has 0 radical (unpaired) electrons. The molecule has 2 amide bonds. The van der Waals surface area contributed by atoms with Gasteiger partial charge in [0.2, 0.25) is 0 Å². The first-order chi connectivity index (χ1) is 12.5. The maximum absolute atomic E-state index is 12.8. The molecule has 1 atom stereocenters. The van der Waals surface area contributed by atoms with Gasteiger partial charge in [-0.2, -0.15) is 0 Å². The number of amides is 2. The van der Waals surface area contributed by atoms with Crippen LogP contribution in [-0.4, -0.2) is 84.3 Å². The van der Waals surface area contributed by atoms with Gasteiger partial charge in [-0.3, -0.25) is 9.80 Å². The number of benzene rings is 1. The lowest BCUT2D eigenvalue weighted by Crippen LogP contribution is -2.72. The van der Waals surface area contributed by atoms with Crippen molar-refractivity contribution < 1.29 is 9.53 Å². The van der Waals surface area contributed by atoms with E-state index < -0.39 is 0 Å². The van der Waals surface area contributed by atoms with Gasteiger partial charge < -0.3 is 15.0 Å². The third-order valence-corrected chi connectivity index (χ3v) is 6.01. The number of nitrogens with one attached hydrogen (secondary N) is 1.